The van der Waals surface area contributed by atoms with Crippen molar-refractivity contribution in [2.45, 2.75) is 27.3 Å². The van der Waals surface area contributed by atoms with Crippen LogP contribution in [0.3, 0.4) is 0 Å². The molecule has 0 spiro atoms. The minimum atomic E-state index is -0.0410. The number of rotatable bonds is 7. The molecule has 1 aromatic rings. The summed E-state index contributed by atoms with van der Waals surface area (Å²) >= 11 is 0. The third-order valence-corrected chi connectivity index (χ3v) is 3.92. The highest BCUT2D eigenvalue weighted by atomic mass is 16.1. The van der Waals surface area contributed by atoms with Crippen LogP contribution in [0.2, 0.25) is 0 Å². The van der Waals surface area contributed by atoms with Crippen molar-refractivity contribution >= 4 is 5.78 Å². The lowest BCUT2D eigenvalue weighted by Crippen LogP contribution is -2.37. The van der Waals surface area contributed by atoms with Crippen molar-refractivity contribution in [2.24, 2.45) is 0 Å². The summed E-state index contributed by atoms with van der Waals surface area (Å²) in [6.45, 7) is 14.2. The van der Waals surface area contributed by atoms with E-state index in [2.05, 4.69) is 55.8 Å². The second-order valence-corrected chi connectivity index (χ2v) is 5.82. The second-order valence-electron chi connectivity index (χ2n) is 5.82. The molecule has 0 unspecified atom stereocenters. The van der Waals surface area contributed by atoms with Gasteiger partial charge in [-0.05, 0) is 44.1 Å². The number of aryl methyl sites for hydroxylation is 2. The molecule has 0 saturated carbocycles. The summed E-state index contributed by atoms with van der Waals surface area (Å²) in [7, 11) is 0. The normalized spacial score (nSPS) is 14.9. The summed E-state index contributed by atoms with van der Waals surface area (Å²) in [6.07, 6.45) is 7.40. The van der Waals surface area contributed by atoms with E-state index >= 15 is 0 Å². The van der Waals surface area contributed by atoms with Crippen LogP contribution in [0.15, 0.2) is 78.3 Å². The van der Waals surface area contributed by atoms with Gasteiger partial charge in [0.25, 0.3) is 0 Å². The molecule has 0 aliphatic heterocycles. The summed E-state index contributed by atoms with van der Waals surface area (Å²) in [4.78, 5) is 12.1. The molecule has 2 N–H and O–H groups in total. The zero-order valence-corrected chi connectivity index (χ0v) is 14.6. The predicted molar refractivity (Wildman–Crippen MR) is 100 cm³/mol. The van der Waals surface area contributed by atoms with Crippen LogP contribution in [0.4, 0.5) is 0 Å². The highest BCUT2D eigenvalue weighted by Gasteiger charge is 2.32. The first-order chi connectivity index (χ1) is 11.5. The molecule has 3 heteroatoms. The van der Waals surface area contributed by atoms with Gasteiger partial charge in [0.1, 0.15) is 5.70 Å². The summed E-state index contributed by atoms with van der Waals surface area (Å²) in [5, 5.41) is 6.49. The Morgan fingerprint density at radius 2 is 2.00 bits per heavy atom. The lowest BCUT2D eigenvalue weighted by atomic mass is 9.92. The molecule has 1 aromatic carbocycles. The van der Waals surface area contributed by atoms with Crippen molar-refractivity contribution in [2.75, 3.05) is 0 Å². The van der Waals surface area contributed by atoms with Gasteiger partial charge in [-0.2, -0.15) is 0 Å². The third-order valence-electron chi connectivity index (χ3n) is 3.92. The lowest BCUT2D eigenvalue weighted by molar-refractivity contribution is -0.113. The van der Waals surface area contributed by atoms with Crippen molar-refractivity contribution in [1.29, 1.82) is 0 Å². The molecule has 0 saturated heterocycles. The Kier molecular flexibility index (Phi) is 5.59. The van der Waals surface area contributed by atoms with Gasteiger partial charge in [0, 0.05) is 17.8 Å². The molecule has 0 heterocycles. The van der Waals surface area contributed by atoms with Crippen LogP contribution in [0, 0.1) is 13.8 Å². The van der Waals surface area contributed by atoms with Gasteiger partial charge in [-0.3, -0.25) is 4.79 Å². The molecule has 0 bridgehead atoms. The number of benzene rings is 1. The maximum absolute atomic E-state index is 12.1. The van der Waals surface area contributed by atoms with Gasteiger partial charge in [-0.15, -0.1) is 0 Å². The summed E-state index contributed by atoms with van der Waals surface area (Å²) in [6, 6.07) is 6.31. The van der Waals surface area contributed by atoms with E-state index in [9.17, 15) is 4.79 Å². The first-order valence-electron chi connectivity index (χ1n) is 7.98. The smallest absolute Gasteiger partial charge is 0.212 e. The summed E-state index contributed by atoms with van der Waals surface area (Å²) in [5.74, 6) is -0.0410. The van der Waals surface area contributed by atoms with Gasteiger partial charge in [-0.1, -0.05) is 49.1 Å². The van der Waals surface area contributed by atoms with E-state index in [1.807, 2.05) is 25.2 Å². The zero-order valence-electron chi connectivity index (χ0n) is 14.6. The van der Waals surface area contributed by atoms with Crippen LogP contribution < -0.4 is 10.6 Å². The van der Waals surface area contributed by atoms with Crippen LogP contribution in [-0.2, 0) is 11.3 Å². The Labute approximate surface area is 144 Å². The van der Waals surface area contributed by atoms with E-state index in [0.717, 1.165) is 11.4 Å². The Hall–Kier alpha value is -2.81. The highest BCUT2D eigenvalue weighted by molar-refractivity contribution is 6.18. The molecular weight excluding hydrogens is 296 g/mol. The molecule has 2 rings (SSSR count). The van der Waals surface area contributed by atoms with Crippen LogP contribution in [0.5, 0.6) is 0 Å². The number of hydrogen-bond donors (Lipinski definition) is 2. The van der Waals surface area contributed by atoms with Crippen molar-refractivity contribution in [1.82, 2.24) is 10.6 Å². The minimum Gasteiger partial charge on any atom is -0.376 e. The average molecular weight is 320 g/mol. The van der Waals surface area contributed by atoms with Gasteiger partial charge in [0.2, 0.25) is 5.78 Å². The number of nitrogens with one attached hydrogen (secondary N) is 2. The molecule has 0 radical (unpaired) electrons. The van der Waals surface area contributed by atoms with E-state index in [1.54, 1.807) is 6.08 Å². The van der Waals surface area contributed by atoms with Crippen molar-refractivity contribution in [3.8, 4) is 0 Å². The van der Waals surface area contributed by atoms with E-state index in [0.29, 0.717) is 17.8 Å². The molecule has 24 heavy (non-hydrogen) atoms. The Balaban J connectivity index is 2.18. The van der Waals surface area contributed by atoms with E-state index in [-0.39, 0.29) is 5.78 Å². The fourth-order valence-corrected chi connectivity index (χ4v) is 2.59. The van der Waals surface area contributed by atoms with Crippen molar-refractivity contribution in [3.63, 3.8) is 0 Å². The van der Waals surface area contributed by atoms with Crippen LogP contribution in [0.25, 0.3) is 0 Å². The highest BCUT2D eigenvalue weighted by Crippen LogP contribution is 2.26. The number of Topliss-reactive ketones (excluding diaryl/α,β-unsaturated/α-hetero) is 1. The Morgan fingerprint density at radius 3 is 2.62 bits per heavy atom. The first kappa shape index (κ1) is 17.5. The van der Waals surface area contributed by atoms with Crippen LogP contribution in [-0.4, -0.2) is 5.78 Å². The molecule has 1 aliphatic carbocycles. The quantitative estimate of drug-likeness (QED) is 0.590. The number of hydrogen-bond acceptors (Lipinski definition) is 3. The van der Waals surface area contributed by atoms with E-state index < -0.39 is 0 Å². The minimum absolute atomic E-state index is 0.0410. The zero-order chi connectivity index (χ0) is 17.7. The van der Waals surface area contributed by atoms with E-state index in [1.165, 1.54) is 16.7 Å². The van der Waals surface area contributed by atoms with Gasteiger partial charge in [0.15, 0.2) is 0 Å². The predicted octanol–water partition coefficient (Wildman–Crippen LogP) is 3.98. The average Bonchev–Trinajstić information content (AvgIpc) is 2.55. The van der Waals surface area contributed by atoms with Gasteiger partial charge < -0.3 is 10.6 Å². The molecule has 1 aliphatic rings. The van der Waals surface area contributed by atoms with Gasteiger partial charge >= 0.3 is 0 Å². The van der Waals surface area contributed by atoms with Crippen molar-refractivity contribution in [3.05, 3.63) is 95.0 Å². The molecule has 3 nitrogen and oxygen atoms in total. The van der Waals surface area contributed by atoms with Crippen LogP contribution >= 0.6 is 0 Å². The monoisotopic (exact) mass is 320 g/mol. The molecular formula is C21H24N2O. The van der Waals surface area contributed by atoms with Gasteiger partial charge in [0.05, 0.1) is 5.70 Å². The topological polar surface area (TPSA) is 41.1 Å². The largest absolute Gasteiger partial charge is 0.376 e. The first-order valence-corrected chi connectivity index (χ1v) is 7.98. The standard InChI is InChI=1S/C21H24N2O/c1-6-8-18(9-7-2)23-19-16(5)21(24)20(19)22-13-17-11-10-14(3)12-15(17)4/h6-12,22-23H,1,5,13H2,2-4H3/b9-7-,18-8+. The maximum Gasteiger partial charge on any atom is 0.212 e. The molecule has 124 valence electrons. The lowest BCUT2D eigenvalue weighted by Gasteiger charge is -2.27. The summed E-state index contributed by atoms with van der Waals surface area (Å²) in [5.41, 5.74) is 6.31. The van der Waals surface area contributed by atoms with Crippen LogP contribution in [0.1, 0.15) is 23.6 Å². The Bertz CT molecular complexity index is 779. The third kappa shape index (κ3) is 3.74. The fourth-order valence-electron chi connectivity index (χ4n) is 2.59. The second kappa shape index (κ2) is 7.64. The molecule has 0 atom stereocenters. The Morgan fingerprint density at radius 1 is 1.25 bits per heavy atom. The molecule has 0 fully saturated rings. The number of carbonyl (C=O) groups excluding carboxylic acids is 1. The van der Waals surface area contributed by atoms with Crippen molar-refractivity contribution < 1.29 is 4.79 Å². The SMILES string of the molecule is C=C/C=C(\C=C/C)NC1=C(NCc2ccc(C)cc2C)C(=O)C1=C. The number of allylic oxidation sites excluding steroid dienone is 6. The fraction of sp³-hybridized carbons (Fsp3) is 0.190. The van der Waals surface area contributed by atoms with E-state index in [4.69, 9.17) is 0 Å². The number of ketones is 1. The number of carbonyl (C=O) groups is 1. The maximum atomic E-state index is 12.1. The molecule has 0 aromatic heterocycles. The van der Waals surface area contributed by atoms with Gasteiger partial charge in [-0.25, -0.2) is 0 Å². The summed E-state index contributed by atoms with van der Waals surface area (Å²) < 4.78 is 0. The molecule has 0 amide bonds.